The first kappa shape index (κ1) is 20.8. The van der Waals surface area contributed by atoms with Gasteiger partial charge in [0, 0.05) is 31.2 Å². The molecule has 0 aliphatic carbocycles. The van der Waals surface area contributed by atoms with Crippen molar-refractivity contribution >= 4 is 15.9 Å². The van der Waals surface area contributed by atoms with Gasteiger partial charge in [0.05, 0.1) is 18.1 Å². The minimum atomic E-state index is -3.84. The largest absolute Gasteiger partial charge is 0.379 e. The van der Waals surface area contributed by atoms with Crippen LogP contribution in [0.25, 0.3) is 0 Å². The molecule has 146 valence electrons. The maximum absolute atomic E-state index is 12.6. The summed E-state index contributed by atoms with van der Waals surface area (Å²) in [7, 11) is -3.84. The Morgan fingerprint density at radius 1 is 1.31 bits per heavy atom. The maximum atomic E-state index is 12.6. The Morgan fingerprint density at radius 2 is 1.96 bits per heavy atom. The van der Waals surface area contributed by atoms with Gasteiger partial charge >= 0.3 is 0 Å². The van der Waals surface area contributed by atoms with E-state index in [0.29, 0.717) is 36.8 Å². The molecule has 8 heteroatoms. The molecule has 1 aromatic carbocycles. The first-order valence-corrected chi connectivity index (χ1v) is 10.5. The molecule has 1 heterocycles. The zero-order valence-corrected chi connectivity index (χ0v) is 16.5. The predicted molar refractivity (Wildman–Crippen MR) is 101 cm³/mol. The zero-order chi connectivity index (χ0) is 19.3. The van der Waals surface area contributed by atoms with E-state index in [-0.39, 0.29) is 16.8 Å². The predicted octanol–water partition coefficient (Wildman–Crippen LogP) is 1.12. The highest BCUT2D eigenvalue weighted by Gasteiger charge is 2.23. The number of benzene rings is 1. The van der Waals surface area contributed by atoms with Gasteiger partial charge in [-0.05, 0) is 37.0 Å². The van der Waals surface area contributed by atoms with Crippen LogP contribution in [0.1, 0.15) is 36.2 Å². The molecule has 0 bridgehead atoms. The van der Waals surface area contributed by atoms with Crippen LogP contribution in [-0.4, -0.2) is 58.1 Å². The molecule has 3 N–H and O–H groups in total. The molecular formula is C18H29N3O4S. The number of primary sulfonamides is 1. The second kappa shape index (κ2) is 8.94. The summed E-state index contributed by atoms with van der Waals surface area (Å²) in [6.45, 7) is 9.73. The molecule has 1 saturated heterocycles. The summed E-state index contributed by atoms with van der Waals surface area (Å²) in [5, 5.41) is 8.14. The van der Waals surface area contributed by atoms with Gasteiger partial charge in [-0.2, -0.15) is 0 Å². The summed E-state index contributed by atoms with van der Waals surface area (Å²) in [4.78, 5) is 14.9. The molecule has 1 amide bonds. The SMILES string of the molecule is Cc1ccc(S(N)(=O)=O)cc1C(=O)NC[C@@H](CC(C)C)N1CCOCC1. The molecule has 7 nitrogen and oxygen atoms in total. The zero-order valence-electron chi connectivity index (χ0n) is 15.7. The van der Waals surface area contributed by atoms with Crippen LogP contribution in [-0.2, 0) is 14.8 Å². The summed E-state index contributed by atoms with van der Waals surface area (Å²) >= 11 is 0. The topological polar surface area (TPSA) is 102 Å². The van der Waals surface area contributed by atoms with Crippen molar-refractivity contribution in [2.45, 2.75) is 38.1 Å². The molecule has 0 aromatic heterocycles. The van der Waals surface area contributed by atoms with Crippen molar-refractivity contribution in [3.05, 3.63) is 29.3 Å². The lowest BCUT2D eigenvalue weighted by molar-refractivity contribution is 0.0124. The third-order valence-corrected chi connectivity index (χ3v) is 5.50. The van der Waals surface area contributed by atoms with E-state index in [4.69, 9.17) is 9.88 Å². The second-order valence-corrected chi connectivity index (χ2v) is 8.72. The van der Waals surface area contributed by atoms with Crippen LogP contribution in [0.2, 0.25) is 0 Å². The standard InChI is InChI=1S/C18H29N3O4S/c1-13(2)10-15(21-6-8-25-9-7-21)12-20-18(22)17-11-16(26(19,23)24)5-4-14(17)3/h4-5,11,13,15H,6-10,12H2,1-3H3,(H,20,22)(H2,19,23,24)/t15-/m1/s1. The smallest absolute Gasteiger partial charge is 0.251 e. The summed E-state index contributed by atoms with van der Waals surface area (Å²) in [5.74, 6) is 0.224. The third-order valence-electron chi connectivity index (χ3n) is 4.59. The Morgan fingerprint density at radius 3 is 2.54 bits per heavy atom. The Labute approximate surface area is 155 Å². The van der Waals surface area contributed by atoms with Gasteiger partial charge in [-0.15, -0.1) is 0 Å². The number of carbonyl (C=O) groups is 1. The molecule has 1 aliphatic rings. The van der Waals surface area contributed by atoms with Crippen LogP contribution < -0.4 is 10.5 Å². The molecule has 2 rings (SSSR count). The Hall–Kier alpha value is -1.48. The lowest BCUT2D eigenvalue weighted by atomic mass is 10.0. The minimum Gasteiger partial charge on any atom is -0.379 e. The Kier molecular flexibility index (Phi) is 7.16. The van der Waals surface area contributed by atoms with Gasteiger partial charge in [0.25, 0.3) is 5.91 Å². The van der Waals surface area contributed by atoms with E-state index in [1.54, 1.807) is 13.0 Å². The van der Waals surface area contributed by atoms with Crippen molar-refractivity contribution in [1.29, 1.82) is 0 Å². The fourth-order valence-corrected chi connectivity index (χ4v) is 3.72. The highest BCUT2D eigenvalue weighted by atomic mass is 32.2. The Bertz CT molecular complexity index is 728. The number of hydrogen-bond donors (Lipinski definition) is 2. The van der Waals surface area contributed by atoms with E-state index in [1.165, 1.54) is 12.1 Å². The van der Waals surface area contributed by atoms with E-state index >= 15 is 0 Å². The number of sulfonamides is 1. The van der Waals surface area contributed by atoms with E-state index < -0.39 is 10.0 Å². The average molecular weight is 384 g/mol. The molecular weight excluding hydrogens is 354 g/mol. The summed E-state index contributed by atoms with van der Waals surface area (Å²) in [6.07, 6.45) is 0.969. The minimum absolute atomic E-state index is 0.0554. The number of nitrogens with zero attached hydrogens (tertiary/aromatic N) is 1. The van der Waals surface area contributed by atoms with Gasteiger partial charge in [-0.25, -0.2) is 13.6 Å². The van der Waals surface area contributed by atoms with E-state index in [1.807, 2.05) is 0 Å². The van der Waals surface area contributed by atoms with E-state index in [9.17, 15) is 13.2 Å². The maximum Gasteiger partial charge on any atom is 0.251 e. The quantitative estimate of drug-likeness (QED) is 0.735. The van der Waals surface area contributed by atoms with Gasteiger partial charge in [-0.1, -0.05) is 19.9 Å². The van der Waals surface area contributed by atoms with E-state index in [0.717, 1.165) is 19.5 Å². The normalized spacial score (nSPS) is 17.3. The molecule has 1 aliphatic heterocycles. The number of ether oxygens (including phenoxy) is 1. The van der Waals surface area contributed by atoms with Crippen LogP contribution >= 0.6 is 0 Å². The monoisotopic (exact) mass is 383 g/mol. The van der Waals surface area contributed by atoms with Crippen LogP contribution in [0, 0.1) is 12.8 Å². The Balaban J connectivity index is 2.09. The number of amides is 1. The number of carbonyl (C=O) groups excluding carboxylic acids is 1. The highest BCUT2D eigenvalue weighted by molar-refractivity contribution is 7.89. The first-order chi connectivity index (χ1) is 12.2. The first-order valence-electron chi connectivity index (χ1n) is 8.92. The summed E-state index contributed by atoms with van der Waals surface area (Å²) in [5.41, 5.74) is 1.04. The fraction of sp³-hybridized carbons (Fsp3) is 0.611. The highest BCUT2D eigenvalue weighted by Crippen LogP contribution is 2.16. The molecule has 0 radical (unpaired) electrons. The number of aryl methyl sites for hydroxylation is 1. The van der Waals surface area contributed by atoms with Gasteiger partial charge in [0.15, 0.2) is 0 Å². The van der Waals surface area contributed by atoms with Crippen molar-refractivity contribution in [3.63, 3.8) is 0 Å². The summed E-state index contributed by atoms with van der Waals surface area (Å²) < 4.78 is 28.5. The van der Waals surface area contributed by atoms with E-state index in [2.05, 4.69) is 24.1 Å². The van der Waals surface area contributed by atoms with Crippen molar-refractivity contribution in [1.82, 2.24) is 10.2 Å². The number of rotatable bonds is 7. The van der Waals surface area contributed by atoms with Crippen molar-refractivity contribution in [3.8, 4) is 0 Å². The summed E-state index contributed by atoms with van der Waals surface area (Å²) in [6, 6.07) is 4.58. The van der Waals surface area contributed by atoms with Crippen LogP contribution in [0.4, 0.5) is 0 Å². The van der Waals surface area contributed by atoms with Crippen LogP contribution in [0.5, 0.6) is 0 Å². The molecule has 26 heavy (non-hydrogen) atoms. The molecule has 1 atom stereocenters. The number of nitrogens with one attached hydrogen (secondary N) is 1. The number of hydrogen-bond acceptors (Lipinski definition) is 5. The molecule has 0 saturated carbocycles. The van der Waals surface area contributed by atoms with Gasteiger partial charge in [0.1, 0.15) is 0 Å². The number of nitrogens with two attached hydrogens (primary N) is 1. The lowest BCUT2D eigenvalue weighted by Crippen LogP contribution is -2.49. The molecule has 0 spiro atoms. The van der Waals surface area contributed by atoms with Gasteiger partial charge in [-0.3, -0.25) is 9.69 Å². The lowest BCUT2D eigenvalue weighted by Gasteiger charge is -2.35. The fourth-order valence-electron chi connectivity index (χ4n) is 3.18. The van der Waals surface area contributed by atoms with Crippen LogP contribution in [0.15, 0.2) is 23.1 Å². The van der Waals surface area contributed by atoms with Crippen LogP contribution in [0.3, 0.4) is 0 Å². The second-order valence-electron chi connectivity index (χ2n) is 7.16. The van der Waals surface area contributed by atoms with Crippen molar-refractivity contribution in [2.75, 3.05) is 32.8 Å². The van der Waals surface area contributed by atoms with Gasteiger partial charge < -0.3 is 10.1 Å². The van der Waals surface area contributed by atoms with Crippen molar-refractivity contribution < 1.29 is 17.9 Å². The molecule has 0 unspecified atom stereocenters. The third kappa shape index (κ3) is 5.77. The average Bonchev–Trinajstić information content (AvgIpc) is 2.58. The van der Waals surface area contributed by atoms with Crippen molar-refractivity contribution in [2.24, 2.45) is 11.1 Å². The molecule has 1 aromatic rings. The molecule has 1 fully saturated rings. The number of morpholine rings is 1. The van der Waals surface area contributed by atoms with Gasteiger partial charge in [0.2, 0.25) is 10.0 Å².